The van der Waals surface area contributed by atoms with Crippen LogP contribution >= 0.6 is 0 Å². The van der Waals surface area contributed by atoms with E-state index in [0.717, 1.165) is 13.0 Å². The van der Waals surface area contributed by atoms with Gasteiger partial charge in [-0.3, -0.25) is 0 Å². The van der Waals surface area contributed by atoms with Crippen LogP contribution in [-0.4, -0.2) is 50.3 Å². The maximum Gasteiger partial charge on any atom is 0.243 e. The summed E-state index contributed by atoms with van der Waals surface area (Å²) in [5, 5.41) is 0. The summed E-state index contributed by atoms with van der Waals surface area (Å²) < 4.78 is 41.0. The van der Waals surface area contributed by atoms with Gasteiger partial charge in [0.25, 0.3) is 0 Å². The van der Waals surface area contributed by atoms with Gasteiger partial charge in [-0.15, -0.1) is 0 Å². The molecule has 1 aromatic carbocycles. The lowest BCUT2D eigenvalue weighted by Gasteiger charge is -2.28. The van der Waals surface area contributed by atoms with Crippen molar-refractivity contribution >= 4 is 10.0 Å². The molecule has 0 spiro atoms. The second-order valence-corrected chi connectivity index (χ2v) is 7.78. The van der Waals surface area contributed by atoms with Crippen LogP contribution in [0.25, 0.3) is 0 Å². The molecule has 0 aliphatic carbocycles. The van der Waals surface area contributed by atoms with Gasteiger partial charge < -0.3 is 4.90 Å². The van der Waals surface area contributed by atoms with Gasteiger partial charge in [-0.05, 0) is 64.0 Å². The van der Waals surface area contributed by atoms with Crippen LogP contribution in [0.5, 0.6) is 0 Å². The molecule has 1 unspecified atom stereocenters. The number of aryl methyl sites for hydroxylation is 2. The van der Waals surface area contributed by atoms with E-state index in [9.17, 15) is 12.8 Å². The predicted molar refractivity (Wildman–Crippen MR) is 81.3 cm³/mol. The second-order valence-electron chi connectivity index (χ2n) is 5.95. The topological polar surface area (TPSA) is 40.6 Å². The maximum atomic E-state index is 13.4. The fourth-order valence-corrected chi connectivity index (χ4v) is 5.20. The van der Waals surface area contributed by atoms with Crippen molar-refractivity contribution in [3.05, 3.63) is 29.1 Å². The van der Waals surface area contributed by atoms with Crippen molar-refractivity contribution in [2.24, 2.45) is 0 Å². The van der Waals surface area contributed by atoms with Gasteiger partial charge in [-0.25, -0.2) is 12.8 Å². The van der Waals surface area contributed by atoms with E-state index in [1.54, 1.807) is 18.2 Å². The minimum absolute atomic E-state index is 0.0913. The molecule has 0 aromatic heterocycles. The maximum absolute atomic E-state index is 13.4. The molecule has 21 heavy (non-hydrogen) atoms. The van der Waals surface area contributed by atoms with Crippen molar-refractivity contribution in [2.75, 3.05) is 26.7 Å². The Morgan fingerprint density at radius 3 is 2.33 bits per heavy atom. The Hall–Kier alpha value is -0.980. The van der Waals surface area contributed by atoms with Gasteiger partial charge in [0.15, 0.2) is 0 Å². The fourth-order valence-electron chi connectivity index (χ4n) is 3.13. The zero-order valence-corrected chi connectivity index (χ0v) is 13.9. The van der Waals surface area contributed by atoms with Crippen molar-refractivity contribution in [1.29, 1.82) is 0 Å². The Bertz CT molecular complexity index is 608. The molecule has 1 aliphatic rings. The van der Waals surface area contributed by atoms with Crippen molar-refractivity contribution in [1.82, 2.24) is 9.21 Å². The summed E-state index contributed by atoms with van der Waals surface area (Å²) in [5.41, 5.74) is 0.939. The number of likely N-dealkylation sites (N-methyl/N-ethyl adjacent to an activating group) is 1. The summed E-state index contributed by atoms with van der Waals surface area (Å²) in [6.45, 7) is 7.32. The number of rotatable bonds is 2. The molecule has 1 fully saturated rings. The van der Waals surface area contributed by atoms with E-state index in [1.807, 2.05) is 14.0 Å². The van der Waals surface area contributed by atoms with Crippen molar-refractivity contribution in [3.63, 3.8) is 0 Å². The number of hydrogen-bond donors (Lipinski definition) is 0. The molecule has 1 aromatic rings. The summed E-state index contributed by atoms with van der Waals surface area (Å²) in [6.07, 6.45) is 0.805. The highest BCUT2D eigenvalue weighted by molar-refractivity contribution is 7.89. The molecule has 0 N–H and O–H groups in total. The number of benzene rings is 1. The molecule has 1 heterocycles. The highest BCUT2D eigenvalue weighted by Crippen LogP contribution is 2.27. The van der Waals surface area contributed by atoms with E-state index in [0.29, 0.717) is 24.2 Å². The Morgan fingerprint density at radius 2 is 1.76 bits per heavy atom. The quantitative estimate of drug-likeness (QED) is 0.840. The highest BCUT2D eigenvalue weighted by atomic mass is 32.2. The first-order valence-corrected chi connectivity index (χ1v) is 8.64. The van der Waals surface area contributed by atoms with E-state index >= 15 is 0 Å². The molecule has 118 valence electrons. The summed E-state index contributed by atoms with van der Waals surface area (Å²) in [7, 11) is -1.60. The van der Waals surface area contributed by atoms with Crippen LogP contribution in [0.4, 0.5) is 4.39 Å². The summed E-state index contributed by atoms with van der Waals surface area (Å²) in [4.78, 5) is 2.39. The third-order valence-electron chi connectivity index (χ3n) is 3.98. The minimum atomic E-state index is -3.60. The molecule has 0 bridgehead atoms. The summed E-state index contributed by atoms with van der Waals surface area (Å²) >= 11 is 0. The number of sulfonamides is 1. The minimum Gasteiger partial charge on any atom is -0.305 e. The number of hydrogen-bond acceptors (Lipinski definition) is 3. The summed E-state index contributed by atoms with van der Waals surface area (Å²) in [5.74, 6) is -0.396. The van der Waals surface area contributed by atoms with Crippen LogP contribution in [0, 0.1) is 19.7 Å². The molecule has 6 heteroatoms. The lowest BCUT2D eigenvalue weighted by Crippen LogP contribution is -2.42. The molecule has 4 nitrogen and oxygen atoms in total. The van der Waals surface area contributed by atoms with E-state index < -0.39 is 15.8 Å². The van der Waals surface area contributed by atoms with Gasteiger partial charge in [-0.1, -0.05) is 0 Å². The third kappa shape index (κ3) is 3.27. The molecule has 2 rings (SSSR count). The van der Waals surface area contributed by atoms with Crippen LogP contribution in [0.15, 0.2) is 17.0 Å². The first-order chi connectivity index (χ1) is 9.73. The molecule has 0 radical (unpaired) electrons. The molecule has 0 amide bonds. The fraction of sp³-hybridized carbons (Fsp3) is 0.600. The van der Waals surface area contributed by atoms with E-state index in [2.05, 4.69) is 4.90 Å². The lowest BCUT2D eigenvalue weighted by molar-refractivity contribution is 0.290. The van der Waals surface area contributed by atoms with E-state index in [4.69, 9.17) is 0 Å². The van der Waals surface area contributed by atoms with Gasteiger partial charge >= 0.3 is 0 Å². The molecular formula is C15H23FN2O2S. The van der Waals surface area contributed by atoms with Crippen LogP contribution in [0.2, 0.25) is 0 Å². The zero-order chi connectivity index (χ0) is 15.8. The third-order valence-corrected chi connectivity index (χ3v) is 6.30. The average Bonchev–Trinajstić information content (AvgIpc) is 2.48. The second kappa shape index (κ2) is 6.02. The van der Waals surface area contributed by atoms with Crippen LogP contribution in [0.3, 0.4) is 0 Å². The Labute approximate surface area is 126 Å². The van der Waals surface area contributed by atoms with E-state index in [1.165, 1.54) is 12.1 Å². The van der Waals surface area contributed by atoms with Gasteiger partial charge in [0, 0.05) is 19.1 Å². The van der Waals surface area contributed by atoms with Crippen LogP contribution in [0.1, 0.15) is 24.5 Å². The van der Waals surface area contributed by atoms with Gasteiger partial charge in [0.2, 0.25) is 10.0 Å². The van der Waals surface area contributed by atoms with E-state index in [-0.39, 0.29) is 10.9 Å². The van der Waals surface area contributed by atoms with Gasteiger partial charge in [0.1, 0.15) is 5.82 Å². The molecule has 1 saturated heterocycles. The molecule has 1 aliphatic heterocycles. The monoisotopic (exact) mass is 314 g/mol. The Morgan fingerprint density at radius 1 is 1.19 bits per heavy atom. The predicted octanol–water partition coefficient (Wildman–Crippen LogP) is 2.16. The van der Waals surface area contributed by atoms with Gasteiger partial charge in [-0.2, -0.15) is 4.31 Å². The van der Waals surface area contributed by atoms with Crippen molar-refractivity contribution in [2.45, 2.75) is 38.1 Å². The van der Waals surface area contributed by atoms with Crippen molar-refractivity contribution in [3.8, 4) is 0 Å². The SMILES string of the molecule is Cc1cc(F)cc(C)c1S(=O)(=O)N1CCCN(C)CC1C. The lowest BCUT2D eigenvalue weighted by atomic mass is 10.1. The molecular weight excluding hydrogens is 291 g/mol. The standard InChI is InChI=1S/C15H23FN2O2S/c1-11-8-14(16)9-12(2)15(11)21(19,20)18-7-5-6-17(4)10-13(18)3/h8-9,13H,5-7,10H2,1-4H3. The summed E-state index contributed by atoms with van der Waals surface area (Å²) in [6, 6.07) is 2.48. The van der Waals surface area contributed by atoms with Crippen molar-refractivity contribution < 1.29 is 12.8 Å². The number of halogens is 1. The molecule has 1 atom stereocenters. The normalized spacial score (nSPS) is 22.2. The smallest absolute Gasteiger partial charge is 0.243 e. The first-order valence-electron chi connectivity index (χ1n) is 7.20. The molecule has 0 saturated carbocycles. The Kier molecular flexibility index (Phi) is 4.70. The Balaban J connectivity index is 2.47. The number of nitrogens with zero attached hydrogens (tertiary/aromatic N) is 2. The van der Waals surface area contributed by atoms with Crippen LogP contribution < -0.4 is 0 Å². The zero-order valence-electron chi connectivity index (χ0n) is 13.1. The van der Waals surface area contributed by atoms with Crippen LogP contribution in [-0.2, 0) is 10.0 Å². The largest absolute Gasteiger partial charge is 0.305 e. The average molecular weight is 314 g/mol. The highest BCUT2D eigenvalue weighted by Gasteiger charge is 2.33. The van der Waals surface area contributed by atoms with Gasteiger partial charge in [0.05, 0.1) is 4.90 Å². The first kappa shape index (κ1) is 16.4.